The molecular formula is C13H11Cl2FN2O2S. The molecule has 8 heteroatoms. The zero-order valence-electron chi connectivity index (χ0n) is 10.8. The van der Waals surface area contributed by atoms with Crippen LogP contribution in [0, 0.1) is 12.7 Å². The number of hydrogen-bond acceptors (Lipinski definition) is 3. The molecule has 0 aliphatic heterocycles. The first-order valence-corrected chi connectivity index (χ1v) is 7.97. The van der Waals surface area contributed by atoms with Crippen molar-refractivity contribution in [2.24, 2.45) is 0 Å². The van der Waals surface area contributed by atoms with Crippen LogP contribution in [0.15, 0.2) is 35.2 Å². The Labute approximate surface area is 131 Å². The third kappa shape index (κ3) is 3.58. The van der Waals surface area contributed by atoms with Crippen molar-refractivity contribution in [1.82, 2.24) is 0 Å². The number of nitrogens with one attached hydrogen (secondary N) is 1. The molecular weight excluding hydrogens is 338 g/mol. The van der Waals surface area contributed by atoms with Gasteiger partial charge >= 0.3 is 0 Å². The Morgan fingerprint density at radius 2 is 1.67 bits per heavy atom. The van der Waals surface area contributed by atoms with Crippen molar-refractivity contribution in [3.63, 3.8) is 0 Å². The summed E-state index contributed by atoms with van der Waals surface area (Å²) >= 11 is 11.6. The first-order chi connectivity index (χ1) is 9.69. The summed E-state index contributed by atoms with van der Waals surface area (Å²) in [6.07, 6.45) is 0. The molecule has 0 saturated heterocycles. The van der Waals surface area contributed by atoms with E-state index in [1.54, 1.807) is 6.92 Å². The molecule has 0 amide bonds. The summed E-state index contributed by atoms with van der Waals surface area (Å²) in [4.78, 5) is -0.540. The topological polar surface area (TPSA) is 72.2 Å². The smallest absolute Gasteiger partial charge is 0.264 e. The average molecular weight is 349 g/mol. The van der Waals surface area contributed by atoms with Gasteiger partial charge in [0.15, 0.2) is 0 Å². The average Bonchev–Trinajstić information content (AvgIpc) is 2.31. The highest BCUT2D eigenvalue weighted by atomic mass is 35.5. The van der Waals surface area contributed by atoms with Gasteiger partial charge in [-0.3, -0.25) is 4.72 Å². The van der Waals surface area contributed by atoms with E-state index in [9.17, 15) is 12.8 Å². The highest BCUT2D eigenvalue weighted by Crippen LogP contribution is 2.27. The van der Waals surface area contributed by atoms with Crippen LogP contribution in [0.1, 0.15) is 5.56 Å². The number of hydrogen-bond donors (Lipinski definition) is 2. The minimum atomic E-state index is -4.14. The quantitative estimate of drug-likeness (QED) is 0.828. The molecule has 0 heterocycles. The van der Waals surface area contributed by atoms with E-state index >= 15 is 0 Å². The largest absolute Gasteiger partial charge is 0.398 e. The molecule has 0 saturated carbocycles. The molecule has 0 atom stereocenters. The summed E-state index contributed by atoms with van der Waals surface area (Å²) < 4.78 is 40.5. The van der Waals surface area contributed by atoms with Crippen LogP contribution in [0.3, 0.4) is 0 Å². The van der Waals surface area contributed by atoms with Crippen molar-refractivity contribution >= 4 is 44.6 Å². The molecule has 112 valence electrons. The van der Waals surface area contributed by atoms with Crippen molar-refractivity contribution in [3.8, 4) is 0 Å². The Bertz CT molecular complexity index is 790. The lowest BCUT2D eigenvalue weighted by Crippen LogP contribution is -2.15. The van der Waals surface area contributed by atoms with Crippen molar-refractivity contribution in [3.05, 3.63) is 51.8 Å². The number of rotatable bonds is 3. The predicted octanol–water partition coefficient (Wildman–Crippen LogP) is 3.82. The molecule has 0 spiro atoms. The van der Waals surface area contributed by atoms with Gasteiger partial charge in [-0.05, 0) is 42.8 Å². The standard InChI is InChI=1S/C13H11Cl2FN2O2S/c1-7-2-11(16)13(6-12(7)17)21(19,20)18-10-4-8(14)3-9(15)5-10/h2-6,18H,17H2,1H3. The number of nitrogen functional groups attached to an aromatic ring is 1. The minimum absolute atomic E-state index is 0.131. The lowest BCUT2D eigenvalue weighted by molar-refractivity contribution is 0.570. The summed E-state index contributed by atoms with van der Waals surface area (Å²) in [6, 6.07) is 6.31. The molecule has 0 unspecified atom stereocenters. The maximum absolute atomic E-state index is 13.9. The third-order valence-corrected chi connectivity index (χ3v) is 4.56. The van der Waals surface area contributed by atoms with E-state index in [0.29, 0.717) is 5.56 Å². The molecule has 0 fully saturated rings. The molecule has 4 nitrogen and oxygen atoms in total. The molecule has 0 aliphatic carbocycles. The van der Waals surface area contributed by atoms with Crippen molar-refractivity contribution in [2.75, 3.05) is 10.5 Å². The van der Waals surface area contributed by atoms with E-state index in [0.717, 1.165) is 12.1 Å². The number of aryl methyl sites for hydroxylation is 1. The Kier molecular flexibility index (Phi) is 4.32. The zero-order valence-corrected chi connectivity index (χ0v) is 13.2. The second-order valence-corrected chi connectivity index (χ2v) is 6.93. The fourth-order valence-electron chi connectivity index (χ4n) is 1.70. The number of halogens is 3. The van der Waals surface area contributed by atoms with Gasteiger partial charge in [0, 0.05) is 15.7 Å². The second kappa shape index (κ2) is 5.71. The van der Waals surface area contributed by atoms with Crippen LogP contribution in [-0.2, 0) is 10.0 Å². The number of anilines is 2. The Balaban J connectivity index is 2.45. The maximum Gasteiger partial charge on any atom is 0.264 e. The van der Waals surface area contributed by atoms with E-state index in [2.05, 4.69) is 4.72 Å². The van der Waals surface area contributed by atoms with Gasteiger partial charge in [-0.2, -0.15) is 0 Å². The van der Waals surface area contributed by atoms with Gasteiger partial charge in [-0.15, -0.1) is 0 Å². The van der Waals surface area contributed by atoms with Gasteiger partial charge in [-0.25, -0.2) is 12.8 Å². The zero-order chi connectivity index (χ0) is 15.8. The molecule has 0 bridgehead atoms. The fraction of sp³-hybridized carbons (Fsp3) is 0.0769. The normalized spacial score (nSPS) is 11.4. The lowest BCUT2D eigenvalue weighted by Gasteiger charge is -2.11. The summed E-state index contributed by atoms with van der Waals surface area (Å²) in [5.74, 6) is -0.887. The molecule has 2 aromatic carbocycles. The van der Waals surface area contributed by atoms with Crippen LogP contribution >= 0.6 is 23.2 Å². The van der Waals surface area contributed by atoms with E-state index in [-0.39, 0.29) is 21.4 Å². The van der Waals surface area contributed by atoms with Gasteiger partial charge in [-0.1, -0.05) is 23.2 Å². The molecule has 0 aromatic heterocycles. The van der Waals surface area contributed by atoms with Crippen LogP contribution < -0.4 is 10.5 Å². The van der Waals surface area contributed by atoms with Crippen LogP contribution in [-0.4, -0.2) is 8.42 Å². The third-order valence-electron chi connectivity index (χ3n) is 2.72. The number of sulfonamides is 1. The number of benzene rings is 2. The molecule has 3 N–H and O–H groups in total. The molecule has 21 heavy (non-hydrogen) atoms. The van der Waals surface area contributed by atoms with Gasteiger partial charge in [0.25, 0.3) is 10.0 Å². The monoisotopic (exact) mass is 348 g/mol. The molecule has 2 aromatic rings. The van der Waals surface area contributed by atoms with Gasteiger partial charge in [0.1, 0.15) is 10.7 Å². The minimum Gasteiger partial charge on any atom is -0.398 e. The highest BCUT2D eigenvalue weighted by molar-refractivity contribution is 7.92. The van der Waals surface area contributed by atoms with Gasteiger partial charge < -0.3 is 5.73 Å². The fourth-order valence-corrected chi connectivity index (χ4v) is 3.36. The first kappa shape index (κ1) is 15.9. The van der Waals surface area contributed by atoms with Gasteiger partial charge in [0.2, 0.25) is 0 Å². The van der Waals surface area contributed by atoms with Crippen LogP contribution in [0.25, 0.3) is 0 Å². The summed E-state index contributed by atoms with van der Waals surface area (Å²) in [7, 11) is -4.14. The van der Waals surface area contributed by atoms with Crippen LogP contribution in [0.4, 0.5) is 15.8 Å². The van der Waals surface area contributed by atoms with Crippen molar-refractivity contribution in [1.29, 1.82) is 0 Å². The predicted molar refractivity (Wildman–Crippen MR) is 82.8 cm³/mol. The van der Waals surface area contributed by atoms with Crippen LogP contribution in [0.2, 0.25) is 10.0 Å². The van der Waals surface area contributed by atoms with E-state index in [1.165, 1.54) is 18.2 Å². The van der Waals surface area contributed by atoms with E-state index in [1.807, 2.05) is 0 Å². The van der Waals surface area contributed by atoms with Crippen LogP contribution in [0.5, 0.6) is 0 Å². The molecule has 0 aliphatic rings. The SMILES string of the molecule is Cc1cc(F)c(S(=O)(=O)Nc2cc(Cl)cc(Cl)c2)cc1N. The number of nitrogens with two attached hydrogens (primary N) is 1. The Morgan fingerprint density at radius 1 is 1.10 bits per heavy atom. The van der Waals surface area contributed by atoms with Crippen molar-refractivity contribution < 1.29 is 12.8 Å². The van der Waals surface area contributed by atoms with E-state index in [4.69, 9.17) is 28.9 Å². The summed E-state index contributed by atoms with van der Waals surface area (Å²) in [5, 5.41) is 0.508. The van der Waals surface area contributed by atoms with Crippen molar-refractivity contribution in [2.45, 2.75) is 11.8 Å². The summed E-state index contributed by atoms with van der Waals surface area (Å²) in [6.45, 7) is 1.58. The highest BCUT2D eigenvalue weighted by Gasteiger charge is 2.21. The summed E-state index contributed by atoms with van der Waals surface area (Å²) in [5.41, 5.74) is 6.39. The lowest BCUT2D eigenvalue weighted by atomic mass is 10.2. The molecule has 2 rings (SSSR count). The van der Waals surface area contributed by atoms with E-state index < -0.39 is 20.7 Å². The first-order valence-electron chi connectivity index (χ1n) is 5.73. The van der Waals surface area contributed by atoms with Gasteiger partial charge in [0.05, 0.1) is 5.69 Å². The molecule has 0 radical (unpaired) electrons. The second-order valence-electron chi connectivity index (χ2n) is 4.40. The Hall–Kier alpha value is -1.50. The Morgan fingerprint density at radius 3 is 2.24 bits per heavy atom. The maximum atomic E-state index is 13.9.